The Morgan fingerprint density at radius 2 is 1.88 bits per heavy atom. The number of rotatable bonds is 11. The lowest BCUT2D eigenvalue weighted by Gasteiger charge is -2.30. The van der Waals surface area contributed by atoms with Gasteiger partial charge in [0.2, 0.25) is 5.91 Å². The molecule has 2 N–H and O–H groups in total. The minimum absolute atomic E-state index is 0.344. The number of unbranched alkanes of at least 4 members (excludes halogenated alkanes) is 1. The molecule has 0 saturated heterocycles. The average Bonchev–Trinajstić information content (AvgIpc) is 2.73. The van der Waals surface area contributed by atoms with Gasteiger partial charge in [-0.05, 0) is 51.2 Å². The van der Waals surface area contributed by atoms with Crippen LogP contribution >= 0.6 is 11.8 Å². The van der Waals surface area contributed by atoms with E-state index in [1.54, 1.807) is 45.0 Å². The summed E-state index contributed by atoms with van der Waals surface area (Å²) < 4.78 is 5.31. The maximum absolute atomic E-state index is 13.5. The molecule has 1 rings (SSSR count). The van der Waals surface area contributed by atoms with E-state index in [2.05, 4.69) is 16.7 Å². The first-order chi connectivity index (χ1) is 15.1. The summed E-state index contributed by atoms with van der Waals surface area (Å²) in [5.41, 5.74) is -0.122. The Bertz CT molecular complexity index is 787. The third-order valence-corrected chi connectivity index (χ3v) is 5.07. The summed E-state index contributed by atoms with van der Waals surface area (Å²) in [4.78, 5) is 39.9. The lowest BCUT2D eigenvalue weighted by atomic mass is 10.0. The van der Waals surface area contributed by atoms with Gasteiger partial charge in [-0.15, -0.1) is 0 Å². The first-order valence-electron chi connectivity index (χ1n) is 10.7. The van der Waals surface area contributed by atoms with Crippen molar-refractivity contribution in [3.8, 4) is 12.5 Å². The second-order valence-corrected chi connectivity index (χ2v) is 9.26. The number of nitrogens with one attached hydrogen (secondary N) is 2. The zero-order valence-electron chi connectivity index (χ0n) is 19.6. The van der Waals surface area contributed by atoms with Gasteiger partial charge in [-0.25, -0.2) is 4.79 Å². The number of thioether (sulfide) groups is 1. The molecule has 0 aliphatic heterocycles. The van der Waals surface area contributed by atoms with Crippen LogP contribution in [-0.4, -0.2) is 53.0 Å². The van der Waals surface area contributed by atoms with Gasteiger partial charge in [-0.3, -0.25) is 14.5 Å². The van der Waals surface area contributed by atoms with E-state index >= 15 is 0 Å². The van der Waals surface area contributed by atoms with Gasteiger partial charge in [0.25, 0.3) is 5.91 Å². The van der Waals surface area contributed by atoms with E-state index in [0.717, 1.165) is 17.7 Å². The fraction of sp³-hybridized carbons (Fsp3) is 0.542. The zero-order valence-corrected chi connectivity index (χ0v) is 20.5. The average molecular weight is 462 g/mol. The third kappa shape index (κ3) is 9.23. The fourth-order valence-electron chi connectivity index (χ4n) is 2.91. The molecule has 0 saturated carbocycles. The summed E-state index contributed by atoms with van der Waals surface area (Å²) in [6, 6.07) is 9.32. The predicted octanol–water partition coefficient (Wildman–Crippen LogP) is 3.71. The van der Waals surface area contributed by atoms with E-state index in [9.17, 15) is 14.4 Å². The Morgan fingerprint density at radius 1 is 1.22 bits per heavy atom. The highest BCUT2D eigenvalue weighted by Crippen LogP contribution is 2.22. The Labute approximate surface area is 196 Å². The van der Waals surface area contributed by atoms with Crippen LogP contribution in [0.4, 0.5) is 4.79 Å². The smallest absolute Gasteiger partial charge is 0.408 e. The molecule has 0 heterocycles. The summed E-state index contributed by atoms with van der Waals surface area (Å²) in [6.45, 7) is 7.73. The van der Waals surface area contributed by atoms with Gasteiger partial charge in [0.05, 0.1) is 0 Å². The van der Waals surface area contributed by atoms with Gasteiger partial charge in [0, 0.05) is 12.6 Å². The molecule has 0 bridgehead atoms. The van der Waals surface area contributed by atoms with Crippen LogP contribution in [0.2, 0.25) is 0 Å². The molecule has 2 atom stereocenters. The van der Waals surface area contributed by atoms with E-state index in [-0.39, 0.29) is 5.91 Å². The number of amides is 3. The minimum atomic E-state index is -1.01. The molecule has 0 aliphatic carbocycles. The number of hydrogen-bond donors (Lipinski definition) is 2. The Balaban J connectivity index is 3.21. The summed E-state index contributed by atoms with van der Waals surface area (Å²) in [7, 11) is 0. The molecular formula is C24H35N3O4S. The molecule has 0 aromatic heterocycles. The molecule has 1 aromatic rings. The van der Waals surface area contributed by atoms with Crippen molar-refractivity contribution in [3.05, 3.63) is 35.9 Å². The van der Waals surface area contributed by atoms with Crippen LogP contribution in [0.25, 0.3) is 0 Å². The Morgan fingerprint density at radius 3 is 2.41 bits per heavy atom. The molecule has 1 aromatic carbocycles. The standard InChI is InChI=1S/C24H35N3O4S/c1-7-9-16-25-21(28)20(18-13-11-10-12-14-18)27(8-2)22(29)19(15-17-32-6)26-23(30)31-24(3,4)5/h2,10-14,19-20H,7,9,15-17H2,1,3-6H3,(H,25,28)(H,26,30). The normalized spacial score (nSPS) is 12.8. The van der Waals surface area contributed by atoms with Crippen molar-refractivity contribution in [3.63, 3.8) is 0 Å². The summed E-state index contributed by atoms with van der Waals surface area (Å²) >= 11 is 1.54. The molecule has 0 aliphatic rings. The Kier molecular flexibility index (Phi) is 11.7. The third-order valence-electron chi connectivity index (χ3n) is 4.43. The second-order valence-electron chi connectivity index (χ2n) is 8.28. The largest absolute Gasteiger partial charge is 0.444 e. The molecule has 3 amide bonds. The first kappa shape index (κ1) is 27.4. The molecule has 176 valence electrons. The summed E-state index contributed by atoms with van der Waals surface area (Å²) in [5, 5.41) is 5.49. The van der Waals surface area contributed by atoms with Crippen LogP contribution in [0.5, 0.6) is 0 Å². The van der Waals surface area contributed by atoms with Crippen molar-refractivity contribution in [1.29, 1.82) is 0 Å². The maximum atomic E-state index is 13.5. The number of carbonyl (C=O) groups excluding carboxylic acids is 3. The fourth-order valence-corrected chi connectivity index (χ4v) is 3.39. The lowest BCUT2D eigenvalue weighted by molar-refractivity contribution is -0.138. The van der Waals surface area contributed by atoms with Crippen molar-refractivity contribution in [2.24, 2.45) is 0 Å². The van der Waals surface area contributed by atoms with E-state index < -0.39 is 29.7 Å². The molecule has 7 nitrogen and oxygen atoms in total. The Hall–Kier alpha value is -2.66. The lowest BCUT2D eigenvalue weighted by Crippen LogP contribution is -2.51. The van der Waals surface area contributed by atoms with Crippen molar-refractivity contribution in [1.82, 2.24) is 15.5 Å². The number of hydrogen-bond acceptors (Lipinski definition) is 5. The van der Waals surface area contributed by atoms with Crippen molar-refractivity contribution in [2.45, 2.75) is 64.6 Å². The van der Waals surface area contributed by atoms with E-state index in [0.29, 0.717) is 24.3 Å². The number of alkyl carbamates (subject to hydrolysis) is 1. The van der Waals surface area contributed by atoms with Crippen molar-refractivity contribution < 1.29 is 19.1 Å². The second kappa shape index (κ2) is 13.7. The number of ether oxygens (including phenoxy) is 1. The van der Waals surface area contributed by atoms with Crippen molar-refractivity contribution >= 4 is 29.7 Å². The van der Waals surface area contributed by atoms with E-state index in [4.69, 9.17) is 11.2 Å². The number of terminal acetylenes is 1. The number of carbonyl (C=O) groups is 3. The van der Waals surface area contributed by atoms with Gasteiger partial charge in [0.15, 0.2) is 0 Å². The highest BCUT2D eigenvalue weighted by molar-refractivity contribution is 7.98. The van der Waals surface area contributed by atoms with Crippen LogP contribution < -0.4 is 10.6 Å². The summed E-state index contributed by atoms with van der Waals surface area (Å²) in [5.74, 6) is -0.285. The quantitative estimate of drug-likeness (QED) is 0.298. The molecule has 32 heavy (non-hydrogen) atoms. The molecule has 0 radical (unpaired) electrons. The van der Waals surface area contributed by atoms with Crippen LogP contribution in [-0.2, 0) is 14.3 Å². The zero-order chi connectivity index (χ0) is 24.1. The topological polar surface area (TPSA) is 87.7 Å². The molecular weight excluding hydrogens is 426 g/mol. The molecule has 0 spiro atoms. The van der Waals surface area contributed by atoms with Gasteiger partial charge < -0.3 is 15.4 Å². The van der Waals surface area contributed by atoms with E-state index in [1.807, 2.05) is 19.2 Å². The monoisotopic (exact) mass is 461 g/mol. The highest BCUT2D eigenvalue weighted by Gasteiger charge is 2.35. The van der Waals surface area contributed by atoms with E-state index in [1.165, 1.54) is 11.8 Å². The molecule has 0 fully saturated rings. The molecule has 8 heteroatoms. The van der Waals surface area contributed by atoms with Crippen LogP contribution in [0.3, 0.4) is 0 Å². The van der Waals surface area contributed by atoms with Crippen LogP contribution in [0, 0.1) is 12.5 Å². The van der Waals surface area contributed by atoms with Gasteiger partial charge in [-0.2, -0.15) is 11.8 Å². The summed E-state index contributed by atoms with van der Waals surface area (Å²) in [6.07, 6.45) is 9.00. The van der Waals surface area contributed by atoms with Crippen LogP contribution in [0.15, 0.2) is 30.3 Å². The highest BCUT2D eigenvalue weighted by atomic mass is 32.2. The van der Waals surface area contributed by atoms with Crippen LogP contribution in [0.1, 0.15) is 58.6 Å². The van der Waals surface area contributed by atoms with Gasteiger partial charge >= 0.3 is 6.09 Å². The molecule has 2 unspecified atom stereocenters. The minimum Gasteiger partial charge on any atom is -0.444 e. The van der Waals surface area contributed by atoms with Crippen molar-refractivity contribution in [2.75, 3.05) is 18.6 Å². The number of benzene rings is 1. The SMILES string of the molecule is C#CN(C(=O)C(CCSC)NC(=O)OC(C)(C)C)C(C(=O)NCCCC)c1ccccc1. The van der Waals surface area contributed by atoms with Gasteiger partial charge in [-0.1, -0.05) is 50.1 Å². The number of nitrogens with zero attached hydrogens (tertiary/aromatic N) is 1. The first-order valence-corrected chi connectivity index (χ1v) is 12.1. The van der Waals surface area contributed by atoms with Gasteiger partial charge in [0.1, 0.15) is 17.7 Å². The maximum Gasteiger partial charge on any atom is 0.408 e. The predicted molar refractivity (Wildman–Crippen MR) is 129 cm³/mol.